The number of hydrogen-bond acceptors (Lipinski definition) is 4. The van der Waals surface area contributed by atoms with Gasteiger partial charge in [-0.15, -0.1) is 0 Å². The maximum atomic E-state index is 12.6. The second-order valence-electron chi connectivity index (χ2n) is 8.34. The molecule has 0 atom stereocenters. The van der Waals surface area contributed by atoms with Crippen molar-refractivity contribution in [1.29, 1.82) is 0 Å². The fraction of sp³-hybridized carbons (Fsp3) is 0.667. The van der Waals surface area contributed by atoms with Gasteiger partial charge in [-0.2, -0.15) is 0 Å². The number of rotatable bonds is 6. The molecule has 6 nitrogen and oxygen atoms in total. The van der Waals surface area contributed by atoms with Crippen LogP contribution in [0.15, 0.2) is 24.3 Å². The maximum Gasteiger partial charge on any atom is 0.227 e. The molecular formula is C21H33N3O3S. The van der Waals surface area contributed by atoms with E-state index in [1.165, 1.54) is 24.9 Å². The van der Waals surface area contributed by atoms with Gasteiger partial charge < -0.3 is 10.2 Å². The molecule has 28 heavy (non-hydrogen) atoms. The Labute approximate surface area is 169 Å². The third kappa shape index (κ3) is 5.47. The van der Waals surface area contributed by atoms with Gasteiger partial charge in [-0.25, -0.2) is 13.1 Å². The van der Waals surface area contributed by atoms with Crippen LogP contribution < -0.4 is 14.9 Å². The number of nitrogens with zero attached hydrogens (tertiary/aromatic N) is 1. The van der Waals surface area contributed by atoms with Crippen LogP contribution in [-0.4, -0.2) is 38.7 Å². The van der Waals surface area contributed by atoms with Gasteiger partial charge in [-0.1, -0.05) is 0 Å². The van der Waals surface area contributed by atoms with Gasteiger partial charge in [0, 0.05) is 36.4 Å². The van der Waals surface area contributed by atoms with E-state index in [0.29, 0.717) is 25.7 Å². The summed E-state index contributed by atoms with van der Waals surface area (Å²) in [5.41, 5.74) is 2.05. The molecule has 2 aliphatic rings. The number of nitrogens with one attached hydrogen (secondary N) is 2. The molecule has 1 aromatic rings. The first-order valence-corrected chi connectivity index (χ1v) is 12.1. The number of carbonyl (C=O) groups is 1. The first-order chi connectivity index (χ1) is 13.3. The molecule has 0 radical (unpaired) electrons. The highest BCUT2D eigenvalue weighted by Gasteiger charge is 2.29. The average Bonchev–Trinajstić information content (AvgIpc) is 2.69. The van der Waals surface area contributed by atoms with Gasteiger partial charge in [-0.3, -0.25) is 4.79 Å². The first kappa shape index (κ1) is 21.1. The third-order valence-corrected chi connectivity index (χ3v) is 7.81. The molecule has 1 aliphatic heterocycles. The summed E-state index contributed by atoms with van der Waals surface area (Å²) < 4.78 is 26.8. The molecule has 0 unspecified atom stereocenters. The Morgan fingerprint density at radius 1 is 1.00 bits per heavy atom. The molecule has 7 heteroatoms. The molecule has 1 amide bonds. The maximum absolute atomic E-state index is 12.6. The van der Waals surface area contributed by atoms with Crippen LogP contribution in [0, 0.1) is 5.92 Å². The molecule has 1 aromatic carbocycles. The Hall–Kier alpha value is -1.60. The van der Waals surface area contributed by atoms with E-state index in [-0.39, 0.29) is 17.9 Å². The number of piperidine rings is 1. The Bertz CT molecular complexity index is 748. The zero-order valence-corrected chi connectivity index (χ0v) is 17.8. The van der Waals surface area contributed by atoms with E-state index in [1.54, 1.807) is 13.8 Å². The summed E-state index contributed by atoms with van der Waals surface area (Å²) in [4.78, 5) is 15.0. The lowest BCUT2D eigenvalue weighted by molar-refractivity contribution is -0.120. The number of carbonyl (C=O) groups excluding carboxylic acids is 1. The summed E-state index contributed by atoms with van der Waals surface area (Å²) in [5.74, 6) is -0.0162. The van der Waals surface area contributed by atoms with Crippen LogP contribution in [0.4, 0.5) is 11.4 Å². The van der Waals surface area contributed by atoms with Crippen molar-refractivity contribution < 1.29 is 13.2 Å². The smallest absolute Gasteiger partial charge is 0.227 e. The van der Waals surface area contributed by atoms with Gasteiger partial charge in [0.15, 0.2) is 0 Å². The predicted molar refractivity (Wildman–Crippen MR) is 114 cm³/mol. The minimum atomic E-state index is -3.25. The highest BCUT2D eigenvalue weighted by Crippen LogP contribution is 2.27. The van der Waals surface area contributed by atoms with Crippen LogP contribution in [0.3, 0.4) is 0 Å². The van der Waals surface area contributed by atoms with Crippen molar-refractivity contribution in [1.82, 2.24) is 4.72 Å². The van der Waals surface area contributed by atoms with E-state index < -0.39 is 15.3 Å². The molecule has 156 valence electrons. The van der Waals surface area contributed by atoms with Crippen molar-refractivity contribution in [3.63, 3.8) is 0 Å². The molecule has 1 saturated carbocycles. The van der Waals surface area contributed by atoms with Crippen molar-refractivity contribution in [3.05, 3.63) is 24.3 Å². The fourth-order valence-corrected chi connectivity index (χ4v) is 4.97. The lowest BCUT2D eigenvalue weighted by Crippen LogP contribution is -2.42. The zero-order chi connectivity index (χ0) is 20.1. The Morgan fingerprint density at radius 3 is 2.18 bits per heavy atom. The number of benzene rings is 1. The highest BCUT2D eigenvalue weighted by molar-refractivity contribution is 7.90. The van der Waals surface area contributed by atoms with Gasteiger partial charge in [-0.05, 0) is 83.1 Å². The Balaban J connectivity index is 1.48. The van der Waals surface area contributed by atoms with Gasteiger partial charge in [0.05, 0.1) is 5.25 Å². The fourth-order valence-electron chi connectivity index (χ4n) is 3.99. The summed E-state index contributed by atoms with van der Waals surface area (Å²) in [6, 6.07) is 8.06. The lowest BCUT2D eigenvalue weighted by atomic mass is 9.86. The molecule has 1 saturated heterocycles. The molecule has 2 N–H and O–H groups in total. The Morgan fingerprint density at radius 2 is 1.61 bits per heavy atom. The number of sulfonamides is 1. The van der Waals surface area contributed by atoms with Gasteiger partial charge in [0.2, 0.25) is 15.9 Å². The monoisotopic (exact) mass is 407 g/mol. The quantitative estimate of drug-likeness (QED) is 0.756. The molecule has 0 aromatic heterocycles. The van der Waals surface area contributed by atoms with Gasteiger partial charge in [0.1, 0.15) is 0 Å². The van der Waals surface area contributed by atoms with E-state index in [1.807, 2.05) is 12.1 Å². The molecule has 3 rings (SSSR count). The standard InChI is InChI=1S/C21H33N3O3S/c1-16(2)28(26,27)23-19-8-6-17(7-9-19)21(25)22-18-10-12-20(13-11-18)24-14-4-3-5-15-24/h10-13,16-17,19,23H,3-9,14-15H2,1-2H3,(H,22,25). The summed E-state index contributed by atoms with van der Waals surface area (Å²) in [6.07, 6.45) is 6.64. The largest absolute Gasteiger partial charge is 0.372 e. The predicted octanol–water partition coefficient (Wildman–Crippen LogP) is 3.50. The van der Waals surface area contributed by atoms with Crippen molar-refractivity contribution in [2.75, 3.05) is 23.3 Å². The summed E-state index contributed by atoms with van der Waals surface area (Å²) in [7, 11) is -3.25. The molecule has 1 aliphatic carbocycles. The van der Waals surface area contributed by atoms with Crippen LogP contribution in [-0.2, 0) is 14.8 Å². The van der Waals surface area contributed by atoms with Crippen LogP contribution in [0.1, 0.15) is 58.8 Å². The molecule has 1 heterocycles. The van der Waals surface area contributed by atoms with Crippen molar-refractivity contribution >= 4 is 27.3 Å². The van der Waals surface area contributed by atoms with E-state index in [4.69, 9.17) is 0 Å². The third-order valence-electron chi connectivity index (χ3n) is 5.91. The Kier molecular flexibility index (Phi) is 6.99. The van der Waals surface area contributed by atoms with Crippen LogP contribution >= 0.6 is 0 Å². The van der Waals surface area contributed by atoms with Crippen LogP contribution in [0.25, 0.3) is 0 Å². The van der Waals surface area contributed by atoms with Crippen molar-refractivity contribution in [2.24, 2.45) is 5.92 Å². The number of hydrogen-bond donors (Lipinski definition) is 2. The minimum absolute atomic E-state index is 0.0379. The topological polar surface area (TPSA) is 78.5 Å². The highest BCUT2D eigenvalue weighted by atomic mass is 32.2. The summed E-state index contributed by atoms with van der Waals surface area (Å²) >= 11 is 0. The lowest BCUT2D eigenvalue weighted by Gasteiger charge is -2.29. The second kappa shape index (κ2) is 9.27. The first-order valence-electron chi connectivity index (χ1n) is 10.5. The van der Waals surface area contributed by atoms with Crippen molar-refractivity contribution in [2.45, 2.75) is 70.1 Å². The number of anilines is 2. The molecule has 2 fully saturated rings. The van der Waals surface area contributed by atoms with Crippen molar-refractivity contribution in [3.8, 4) is 0 Å². The van der Waals surface area contributed by atoms with Crippen LogP contribution in [0.2, 0.25) is 0 Å². The summed E-state index contributed by atoms with van der Waals surface area (Å²) in [6.45, 7) is 5.57. The van der Waals surface area contributed by atoms with Crippen LogP contribution in [0.5, 0.6) is 0 Å². The van der Waals surface area contributed by atoms with E-state index in [0.717, 1.165) is 18.8 Å². The molecular weight excluding hydrogens is 374 g/mol. The second-order valence-corrected chi connectivity index (χ2v) is 10.6. The summed E-state index contributed by atoms with van der Waals surface area (Å²) in [5, 5.41) is 2.60. The SMILES string of the molecule is CC(C)S(=O)(=O)NC1CCC(C(=O)Nc2ccc(N3CCCCC3)cc2)CC1. The molecule has 0 bridgehead atoms. The van der Waals surface area contributed by atoms with E-state index in [2.05, 4.69) is 27.1 Å². The minimum Gasteiger partial charge on any atom is -0.372 e. The van der Waals surface area contributed by atoms with E-state index in [9.17, 15) is 13.2 Å². The molecule has 0 spiro atoms. The van der Waals surface area contributed by atoms with E-state index >= 15 is 0 Å². The average molecular weight is 408 g/mol. The van der Waals surface area contributed by atoms with Gasteiger partial charge >= 0.3 is 0 Å². The zero-order valence-electron chi connectivity index (χ0n) is 17.0. The normalized spacial score (nSPS) is 23.6. The van der Waals surface area contributed by atoms with Gasteiger partial charge in [0.25, 0.3) is 0 Å². The number of amides is 1.